The fraction of sp³-hybridized carbons (Fsp3) is 0.625. The van der Waals surface area contributed by atoms with E-state index >= 15 is 0 Å². The predicted octanol–water partition coefficient (Wildman–Crippen LogP) is 2.80. The number of hydrogen-bond acceptors (Lipinski definition) is 4. The highest BCUT2D eigenvalue weighted by Crippen LogP contribution is 2.02. The highest BCUT2D eigenvalue weighted by atomic mass is 16.6. The minimum Gasteiger partial charge on any atom is -0.464 e. The molecule has 0 spiro atoms. The van der Waals surface area contributed by atoms with Gasteiger partial charge in [-0.25, -0.2) is 9.59 Å². The van der Waals surface area contributed by atoms with Crippen molar-refractivity contribution >= 4 is 12.1 Å². The lowest BCUT2D eigenvalue weighted by atomic mass is 10.2. The number of esters is 1. The predicted molar refractivity (Wildman–Crippen MR) is 81.6 cm³/mol. The molecule has 118 valence electrons. The monoisotopic (exact) mass is 295 g/mol. The molecule has 0 saturated heterocycles. The lowest BCUT2D eigenvalue weighted by Crippen LogP contribution is -2.42. The zero-order valence-corrected chi connectivity index (χ0v) is 12.9. The molecule has 21 heavy (non-hydrogen) atoms. The second kappa shape index (κ2) is 13.0. The van der Waals surface area contributed by atoms with Gasteiger partial charge in [-0.1, -0.05) is 38.2 Å². The van der Waals surface area contributed by atoms with E-state index in [1.54, 1.807) is 13.0 Å². The van der Waals surface area contributed by atoms with Gasteiger partial charge in [-0.15, -0.1) is 12.5 Å². The van der Waals surface area contributed by atoms with Crippen LogP contribution < -0.4 is 5.32 Å². The van der Waals surface area contributed by atoms with Crippen LogP contribution in [0.25, 0.3) is 0 Å². The third-order valence-corrected chi connectivity index (χ3v) is 2.67. The average molecular weight is 295 g/mol. The van der Waals surface area contributed by atoms with Crippen LogP contribution in [0.5, 0.6) is 0 Å². The van der Waals surface area contributed by atoms with Gasteiger partial charge in [0.15, 0.2) is 6.61 Å². The third kappa shape index (κ3) is 10.5. The fourth-order valence-electron chi connectivity index (χ4n) is 1.54. The van der Waals surface area contributed by atoms with Gasteiger partial charge in [0.1, 0.15) is 6.04 Å². The molecule has 0 fully saturated rings. The minimum atomic E-state index is -0.768. The van der Waals surface area contributed by atoms with E-state index in [1.165, 1.54) is 0 Å². The van der Waals surface area contributed by atoms with Gasteiger partial charge in [0.25, 0.3) is 0 Å². The van der Waals surface area contributed by atoms with Crippen molar-refractivity contribution in [3.05, 3.63) is 12.7 Å². The number of alkyl carbamates (subject to hydrolysis) is 1. The number of hydrogen-bond donors (Lipinski definition) is 1. The van der Waals surface area contributed by atoms with E-state index in [2.05, 4.69) is 30.7 Å². The summed E-state index contributed by atoms with van der Waals surface area (Å²) in [7, 11) is 0. The molecular formula is C16H25NO4. The summed E-state index contributed by atoms with van der Waals surface area (Å²) in [5.41, 5.74) is 0. The maximum atomic E-state index is 11.9. The Kier molecular flexibility index (Phi) is 11.8. The van der Waals surface area contributed by atoms with Crippen LogP contribution in [0.4, 0.5) is 4.79 Å². The van der Waals surface area contributed by atoms with Gasteiger partial charge >= 0.3 is 12.1 Å². The number of ether oxygens (including phenoxy) is 2. The van der Waals surface area contributed by atoms with E-state index in [-0.39, 0.29) is 6.61 Å². The maximum absolute atomic E-state index is 11.9. The number of carbonyl (C=O) groups excluding carboxylic acids is 2. The fourth-order valence-corrected chi connectivity index (χ4v) is 1.54. The maximum Gasteiger partial charge on any atom is 0.408 e. The lowest BCUT2D eigenvalue weighted by Gasteiger charge is -2.15. The van der Waals surface area contributed by atoms with Crippen molar-refractivity contribution in [2.45, 2.75) is 52.0 Å². The van der Waals surface area contributed by atoms with Gasteiger partial charge in [0, 0.05) is 0 Å². The molecule has 0 aromatic rings. The summed E-state index contributed by atoms with van der Waals surface area (Å²) < 4.78 is 9.95. The Balaban J connectivity index is 4.12. The molecule has 0 rings (SSSR count). The molecule has 5 heteroatoms. The molecule has 0 aromatic heterocycles. The Hall–Kier alpha value is -1.96. The Bertz CT molecular complexity index is 381. The molecule has 1 amide bonds. The summed E-state index contributed by atoms with van der Waals surface area (Å²) in [6.45, 7) is 7.69. The number of rotatable bonds is 10. The Morgan fingerprint density at radius 3 is 2.67 bits per heavy atom. The van der Waals surface area contributed by atoms with Crippen LogP contribution in [0, 0.1) is 11.8 Å². The van der Waals surface area contributed by atoms with Gasteiger partial charge in [0.2, 0.25) is 0 Å². The summed E-state index contributed by atoms with van der Waals surface area (Å²) >= 11 is 0. The SMILES string of the molecule is C=CCC(NC(=O)OCC#CC)C(=O)OCCCCCC. The molecule has 0 aromatic carbocycles. The molecule has 0 bridgehead atoms. The van der Waals surface area contributed by atoms with Crippen LogP contribution in [0.3, 0.4) is 0 Å². The average Bonchev–Trinajstić information content (AvgIpc) is 2.46. The van der Waals surface area contributed by atoms with Gasteiger partial charge in [0.05, 0.1) is 6.61 Å². The molecule has 0 radical (unpaired) electrons. The van der Waals surface area contributed by atoms with Crippen molar-refractivity contribution < 1.29 is 19.1 Å². The first-order valence-electron chi connectivity index (χ1n) is 7.26. The van der Waals surface area contributed by atoms with Crippen molar-refractivity contribution in [3.63, 3.8) is 0 Å². The van der Waals surface area contributed by atoms with Crippen LogP contribution >= 0.6 is 0 Å². The summed E-state index contributed by atoms with van der Waals surface area (Å²) in [6.07, 6.45) is 5.26. The molecule has 0 saturated carbocycles. The van der Waals surface area contributed by atoms with Crippen molar-refractivity contribution in [2.24, 2.45) is 0 Å². The first-order valence-corrected chi connectivity index (χ1v) is 7.26. The first-order chi connectivity index (χ1) is 10.2. The normalized spacial score (nSPS) is 10.8. The summed E-state index contributed by atoms with van der Waals surface area (Å²) in [4.78, 5) is 23.3. The molecular weight excluding hydrogens is 270 g/mol. The van der Waals surface area contributed by atoms with Crippen molar-refractivity contribution in [2.75, 3.05) is 13.2 Å². The Morgan fingerprint density at radius 1 is 1.29 bits per heavy atom. The van der Waals surface area contributed by atoms with Crippen LogP contribution in [-0.2, 0) is 14.3 Å². The molecule has 5 nitrogen and oxygen atoms in total. The second-order valence-corrected chi connectivity index (χ2v) is 4.45. The van der Waals surface area contributed by atoms with Crippen LogP contribution in [-0.4, -0.2) is 31.3 Å². The molecule has 1 N–H and O–H groups in total. The molecule has 1 unspecified atom stereocenters. The number of amides is 1. The minimum absolute atomic E-state index is 0.00475. The van der Waals surface area contributed by atoms with E-state index in [0.717, 1.165) is 25.7 Å². The van der Waals surface area contributed by atoms with E-state index in [1.807, 2.05) is 0 Å². The van der Waals surface area contributed by atoms with Gasteiger partial charge in [-0.2, -0.15) is 0 Å². The largest absolute Gasteiger partial charge is 0.464 e. The van der Waals surface area contributed by atoms with Crippen molar-refractivity contribution in [3.8, 4) is 11.8 Å². The van der Waals surface area contributed by atoms with Crippen molar-refractivity contribution in [1.29, 1.82) is 0 Å². The zero-order valence-electron chi connectivity index (χ0n) is 12.9. The Labute approximate surface area is 127 Å². The summed E-state index contributed by atoms with van der Waals surface area (Å²) in [5.74, 6) is 4.74. The van der Waals surface area contributed by atoms with E-state index in [9.17, 15) is 9.59 Å². The zero-order chi connectivity index (χ0) is 15.9. The third-order valence-electron chi connectivity index (χ3n) is 2.67. The number of carbonyl (C=O) groups is 2. The lowest BCUT2D eigenvalue weighted by molar-refractivity contribution is -0.146. The first kappa shape index (κ1) is 19.0. The molecule has 1 atom stereocenters. The standard InChI is InChI=1S/C16H25NO4/c1-4-7-9-10-13-20-15(18)14(11-6-3)17-16(19)21-12-8-5-2/h6,14H,3-4,7,9-13H2,1-2H3,(H,17,19). The highest BCUT2D eigenvalue weighted by Gasteiger charge is 2.21. The highest BCUT2D eigenvalue weighted by molar-refractivity contribution is 5.81. The van der Waals surface area contributed by atoms with Gasteiger partial charge in [-0.3, -0.25) is 0 Å². The molecule has 0 aliphatic heterocycles. The Morgan fingerprint density at radius 2 is 2.05 bits per heavy atom. The molecule has 0 aliphatic rings. The van der Waals surface area contributed by atoms with Crippen LogP contribution in [0.1, 0.15) is 46.0 Å². The summed E-state index contributed by atoms with van der Waals surface area (Å²) in [6, 6.07) is -0.768. The van der Waals surface area contributed by atoms with Crippen LogP contribution in [0.2, 0.25) is 0 Å². The van der Waals surface area contributed by atoms with Gasteiger partial charge in [-0.05, 0) is 19.8 Å². The van der Waals surface area contributed by atoms with E-state index in [4.69, 9.17) is 9.47 Å². The van der Waals surface area contributed by atoms with E-state index in [0.29, 0.717) is 13.0 Å². The number of unbranched alkanes of at least 4 members (excludes halogenated alkanes) is 3. The number of nitrogens with one attached hydrogen (secondary N) is 1. The quantitative estimate of drug-likeness (QED) is 0.291. The smallest absolute Gasteiger partial charge is 0.408 e. The van der Waals surface area contributed by atoms with Crippen molar-refractivity contribution in [1.82, 2.24) is 5.32 Å². The topological polar surface area (TPSA) is 64.6 Å². The molecule has 0 heterocycles. The second-order valence-electron chi connectivity index (χ2n) is 4.45. The van der Waals surface area contributed by atoms with Gasteiger partial charge < -0.3 is 14.8 Å². The van der Waals surface area contributed by atoms with Crippen LogP contribution in [0.15, 0.2) is 12.7 Å². The molecule has 0 aliphatic carbocycles. The van der Waals surface area contributed by atoms with E-state index < -0.39 is 18.1 Å². The summed E-state index contributed by atoms with van der Waals surface area (Å²) in [5, 5.41) is 2.45.